The molecule has 1 aromatic carbocycles. The van der Waals surface area contributed by atoms with Crippen LogP contribution in [0.3, 0.4) is 0 Å². The third-order valence-electron chi connectivity index (χ3n) is 3.71. The van der Waals surface area contributed by atoms with Gasteiger partial charge in [0.05, 0.1) is 0 Å². The van der Waals surface area contributed by atoms with E-state index in [0.717, 1.165) is 37.8 Å². The molecule has 22 heavy (non-hydrogen) atoms. The number of benzene rings is 1. The zero-order valence-electron chi connectivity index (χ0n) is 14.2. The fourth-order valence-electron chi connectivity index (χ4n) is 2.53. The Hall–Kier alpha value is -1.64. The summed E-state index contributed by atoms with van der Waals surface area (Å²) in [5, 5.41) is 2.96. The van der Waals surface area contributed by atoms with E-state index in [9.17, 15) is 9.59 Å². The Balaban J connectivity index is 2.44. The maximum absolute atomic E-state index is 11.7. The van der Waals surface area contributed by atoms with Gasteiger partial charge in [0.15, 0.2) is 0 Å². The summed E-state index contributed by atoms with van der Waals surface area (Å²) < 4.78 is 0. The molecule has 0 aliphatic heterocycles. The minimum Gasteiger partial charge on any atom is -0.326 e. The van der Waals surface area contributed by atoms with Crippen LogP contribution in [0.5, 0.6) is 0 Å². The molecule has 1 rings (SSSR count). The molecule has 0 saturated carbocycles. The molecule has 1 N–H and O–H groups in total. The van der Waals surface area contributed by atoms with Crippen molar-refractivity contribution < 1.29 is 9.59 Å². The van der Waals surface area contributed by atoms with E-state index < -0.39 is 0 Å². The van der Waals surface area contributed by atoms with Crippen molar-refractivity contribution in [2.75, 3.05) is 5.32 Å². The second-order valence-electron chi connectivity index (χ2n) is 5.96. The molecule has 0 saturated heterocycles. The molecule has 0 aliphatic rings. The maximum atomic E-state index is 11.7. The first-order valence-electron chi connectivity index (χ1n) is 8.47. The number of Topliss-reactive ketones (excluding diaryl/α,β-unsaturated/α-hetero) is 1. The van der Waals surface area contributed by atoms with Crippen LogP contribution < -0.4 is 5.32 Å². The summed E-state index contributed by atoms with van der Waals surface area (Å²) in [5.41, 5.74) is 3.33. The number of carbonyl (C=O) groups excluding carboxylic acids is 2. The van der Waals surface area contributed by atoms with Crippen molar-refractivity contribution in [1.29, 1.82) is 0 Å². The summed E-state index contributed by atoms with van der Waals surface area (Å²) in [6.45, 7) is 5.98. The van der Waals surface area contributed by atoms with Gasteiger partial charge in [0, 0.05) is 24.9 Å². The molecule has 0 unspecified atom stereocenters. The molecule has 0 radical (unpaired) electrons. The molecule has 122 valence electrons. The molecular weight excluding hydrogens is 274 g/mol. The van der Waals surface area contributed by atoms with E-state index in [0.29, 0.717) is 25.0 Å². The molecule has 0 aliphatic carbocycles. The van der Waals surface area contributed by atoms with Gasteiger partial charge in [-0.2, -0.15) is 0 Å². The second kappa shape index (κ2) is 10.1. The van der Waals surface area contributed by atoms with E-state index in [4.69, 9.17) is 0 Å². The highest BCUT2D eigenvalue weighted by molar-refractivity contribution is 5.90. The number of ketones is 1. The zero-order chi connectivity index (χ0) is 16.4. The molecule has 0 bridgehead atoms. The lowest BCUT2D eigenvalue weighted by Crippen LogP contribution is -2.11. The fraction of sp³-hybridized carbons (Fsp3) is 0.579. The van der Waals surface area contributed by atoms with Crippen LogP contribution in [0.25, 0.3) is 0 Å². The van der Waals surface area contributed by atoms with Crippen molar-refractivity contribution in [2.45, 2.75) is 72.1 Å². The molecule has 0 fully saturated rings. The Morgan fingerprint density at radius 1 is 1.00 bits per heavy atom. The fourth-order valence-corrected chi connectivity index (χ4v) is 2.53. The van der Waals surface area contributed by atoms with Gasteiger partial charge >= 0.3 is 0 Å². The highest BCUT2D eigenvalue weighted by Crippen LogP contribution is 2.17. The summed E-state index contributed by atoms with van der Waals surface area (Å²) in [7, 11) is 0. The van der Waals surface area contributed by atoms with Crippen LogP contribution in [0.4, 0.5) is 5.69 Å². The van der Waals surface area contributed by atoms with Crippen molar-refractivity contribution in [3.63, 3.8) is 0 Å². The lowest BCUT2D eigenvalue weighted by Gasteiger charge is -2.09. The maximum Gasteiger partial charge on any atom is 0.224 e. The van der Waals surface area contributed by atoms with Gasteiger partial charge in [-0.05, 0) is 55.9 Å². The summed E-state index contributed by atoms with van der Waals surface area (Å²) in [6.07, 6.45) is 6.94. The standard InChI is InChI=1S/C19H29NO2/c1-4-9-19(22)20-17-13-15(3)12-16(14-17)10-7-6-8-11-18(21)5-2/h12-14H,4-11H2,1-3H3,(H,20,22). The van der Waals surface area contributed by atoms with E-state index in [1.807, 2.05) is 19.9 Å². The van der Waals surface area contributed by atoms with Gasteiger partial charge in [-0.1, -0.05) is 26.3 Å². The van der Waals surface area contributed by atoms with Crippen LogP contribution >= 0.6 is 0 Å². The summed E-state index contributed by atoms with van der Waals surface area (Å²) >= 11 is 0. The van der Waals surface area contributed by atoms with Crippen molar-refractivity contribution >= 4 is 17.4 Å². The van der Waals surface area contributed by atoms with E-state index >= 15 is 0 Å². The summed E-state index contributed by atoms with van der Waals surface area (Å²) in [6, 6.07) is 6.25. The largest absolute Gasteiger partial charge is 0.326 e. The van der Waals surface area contributed by atoms with Crippen LogP contribution in [-0.2, 0) is 16.0 Å². The summed E-state index contributed by atoms with van der Waals surface area (Å²) in [4.78, 5) is 22.9. The molecule has 1 amide bonds. The van der Waals surface area contributed by atoms with Crippen LogP contribution in [0.2, 0.25) is 0 Å². The number of hydrogen-bond acceptors (Lipinski definition) is 2. The minimum absolute atomic E-state index is 0.0807. The Morgan fingerprint density at radius 2 is 1.77 bits per heavy atom. The number of rotatable bonds is 10. The lowest BCUT2D eigenvalue weighted by atomic mass is 10.0. The van der Waals surface area contributed by atoms with E-state index in [-0.39, 0.29) is 5.91 Å². The number of unbranched alkanes of at least 4 members (excludes halogenated alkanes) is 2. The highest BCUT2D eigenvalue weighted by Gasteiger charge is 2.04. The number of hydrogen-bond donors (Lipinski definition) is 1. The van der Waals surface area contributed by atoms with Crippen LogP contribution in [-0.4, -0.2) is 11.7 Å². The predicted molar refractivity (Wildman–Crippen MR) is 92.2 cm³/mol. The number of carbonyl (C=O) groups is 2. The van der Waals surface area contributed by atoms with Crippen molar-refractivity contribution in [3.05, 3.63) is 29.3 Å². The number of nitrogens with one attached hydrogen (secondary N) is 1. The van der Waals surface area contributed by atoms with Crippen LogP contribution in [0.1, 0.15) is 69.9 Å². The van der Waals surface area contributed by atoms with Crippen LogP contribution in [0.15, 0.2) is 18.2 Å². The molecule has 0 atom stereocenters. The third kappa shape index (κ3) is 7.39. The molecule has 3 nitrogen and oxygen atoms in total. The Labute approximate surface area is 134 Å². The highest BCUT2D eigenvalue weighted by atomic mass is 16.1. The summed E-state index contributed by atoms with van der Waals surface area (Å²) in [5.74, 6) is 0.439. The topological polar surface area (TPSA) is 46.2 Å². The number of aryl methyl sites for hydroxylation is 2. The Morgan fingerprint density at radius 3 is 2.45 bits per heavy atom. The van der Waals surface area contributed by atoms with Crippen molar-refractivity contribution in [2.24, 2.45) is 0 Å². The molecule has 0 aromatic heterocycles. The average Bonchev–Trinajstić information content (AvgIpc) is 2.46. The first-order chi connectivity index (χ1) is 10.5. The van der Waals surface area contributed by atoms with Gasteiger partial charge < -0.3 is 5.32 Å². The second-order valence-corrected chi connectivity index (χ2v) is 5.96. The first-order valence-corrected chi connectivity index (χ1v) is 8.47. The van der Waals surface area contributed by atoms with Crippen molar-refractivity contribution in [3.8, 4) is 0 Å². The van der Waals surface area contributed by atoms with Crippen molar-refractivity contribution in [1.82, 2.24) is 0 Å². The SMILES string of the molecule is CCCC(=O)Nc1cc(C)cc(CCCCCC(=O)CC)c1. The Kier molecular flexibility index (Phi) is 8.49. The number of amides is 1. The zero-order valence-corrected chi connectivity index (χ0v) is 14.2. The number of anilines is 1. The molecule has 0 heterocycles. The van der Waals surface area contributed by atoms with E-state index in [1.54, 1.807) is 0 Å². The van der Waals surface area contributed by atoms with Gasteiger partial charge in [-0.3, -0.25) is 9.59 Å². The third-order valence-corrected chi connectivity index (χ3v) is 3.71. The van der Waals surface area contributed by atoms with Gasteiger partial charge in [0.2, 0.25) is 5.91 Å². The monoisotopic (exact) mass is 303 g/mol. The van der Waals surface area contributed by atoms with Gasteiger partial charge in [0.1, 0.15) is 5.78 Å². The molecule has 3 heteroatoms. The minimum atomic E-state index is 0.0807. The van der Waals surface area contributed by atoms with Gasteiger partial charge in [0.25, 0.3) is 0 Å². The first kappa shape index (κ1) is 18.4. The molecule has 1 aromatic rings. The van der Waals surface area contributed by atoms with Gasteiger partial charge in [-0.25, -0.2) is 0 Å². The quantitative estimate of drug-likeness (QED) is 0.630. The average molecular weight is 303 g/mol. The Bertz CT molecular complexity index is 494. The van der Waals surface area contributed by atoms with E-state index in [1.165, 1.54) is 11.1 Å². The molecule has 0 spiro atoms. The predicted octanol–water partition coefficient (Wildman–Crippen LogP) is 4.82. The molecular formula is C19H29NO2. The van der Waals surface area contributed by atoms with Crippen LogP contribution in [0, 0.1) is 6.92 Å². The van der Waals surface area contributed by atoms with E-state index in [2.05, 4.69) is 24.4 Å². The smallest absolute Gasteiger partial charge is 0.224 e. The lowest BCUT2D eigenvalue weighted by molar-refractivity contribution is -0.119. The normalized spacial score (nSPS) is 10.5. The van der Waals surface area contributed by atoms with Gasteiger partial charge in [-0.15, -0.1) is 0 Å².